The zero-order valence-electron chi connectivity index (χ0n) is 14.2. The van der Waals surface area contributed by atoms with Gasteiger partial charge < -0.3 is 25.8 Å². The molecule has 9 nitrogen and oxygen atoms in total. The van der Waals surface area contributed by atoms with Gasteiger partial charge in [0.05, 0.1) is 12.9 Å². The van der Waals surface area contributed by atoms with E-state index in [1.165, 1.54) is 10.9 Å². The number of anilines is 1. The number of fused-ring (bicyclic) bond motifs is 1. The number of aliphatic hydroxyl groups is 3. The van der Waals surface area contributed by atoms with Crippen molar-refractivity contribution in [2.45, 2.75) is 63.6 Å². The number of nitrogens with zero attached hydrogens (tertiary/aromatic N) is 4. The lowest BCUT2D eigenvalue weighted by Gasteiger charge is -2.16. The second-order valence-corrected chi connectivity index (χ2v) is 6.39. The van der Waals surface area contributed by atoms with Crippen molar-refractivity contribution in [3.63, 3.8) is 0 Å². The van der Waals surface area contributed by atoms with Gasteiger partial charge >= 0.3 is 0 Å². The minimum absolute atomic E-state index is 0.279. The highest BCUT2D eigenvalue weighted by atomic mass is 16.6. The van der Waals surface area contributed by atoms with Gasteiger partial charge in [-0.25, -0.2) is 15.0 Å². The molecule has 1 fully saturated rings. The second kappa shape index (κ2) is 7.61. The first kappa shape index (κ1) is 18.0. The molecule has 1 aliphatic rings. The normalized spacial score (nSPS) is 26.6. The number of aliphatic hydroxyl groups excluding tert-OH is 3. The van der Waals surface area contributed by atoms with Crippen LogP contribution in [-0.2, 0) is 11.2 Å². The largest absolute Gasteiger partial charge is 0.394 e. The minimum Gasteiger partial charge on any atom is -0.394 e. The van der Waals surface area contributed by atoms with E-state index in [-0.39, 0.29) is 12.4 Å². The first-order chi connectivity index (χ1) is 12.1. The van der Waals surface area contributed by atoms with Crippen molar-refractivity contribution in [3.8, 4) is 0 Å². The van der Waals surface area contributed by atoms with Crippen LogP contribution in [0.4, 0.5) is 5.82 Å². The molecule has 138 valence electrons. The van der Waals surface area contributed by atoms with Crippen LogP contribution in [-0.4, -0.2) is 59.8 Å². The van der Waals surface area contributed by atoms with Crippen LogP contribution in [0.15, 0.2) is 6.33 Å². The molecule has 9 heteroatoms. The van der Waals surface area contributed by atoms with Crippen molar-refractivity contribution < 1.29 is 20.1 Å². The number of aryl methyl sites for hydroxylation is 1. The average molecular weight is 351 g/mol. The molecule has 3 heterocycles. The van der Waals surface area contributed by atoms with E-state index in [0.717, 1.165) is 25.7 Å². The number of nitrogens with two attached hydrogens (primary N) is 1. The van der Waals surface area contributed by atoms with Crippen molar-refractivity contribution in [1.29, 1.82) is 0 Å². The van der Waals surface area contributed by atoms with Crippen LogP contribution in [0.2, 0.25) is 0 Å². The van der Waals surface area contributed by atoms with Gasteiger partial charge in [0.25, 0.3) is 0 Å². The predicted molar refractivity (Wildman–Crippen MR) is 90.6 cm³/mol. The molecule has 1 saturated heterocycles. The predicted octanol–water partition coefficient (Wildman–Crippen LogP) is 0.143. The van der Waals surface area contributed by atoms with Gasteiger partial charge in [-0.3, -0.25) is 4.57 Å². The summed E-state index contributed by atoms with van der Waals surface area (Å²) in [4.78, 5) is 13.0. The van der Waals surface area contributed by atoms with E-state index >= 15 is 0 Å². The van der Waals surface area contributed by atoms with E-state index in [1.807, 2.05) is 0 Å². The fraction of sp³-hybridized carbons (Fsp3) is 0.688. The van der Waals surface area contributed by atoms with E-state index in [9.17, 15) is 15.3 Å². The molecule has 0 radical (unpaired) electrons. The summed E-state index contributed by atoms with van der Waals surface area (Å²) in [6.45, 7) is 1.77. The fourth-order valence-corrected chi connectivity index (χ4v) is 3.10. The number of imidazole rings is 1. The molecule has 5 N–H and O–H groups in total. The molecular formula is C16H25N5O4. The highest BCUT2D eigenvalue weighted by Gasteiger charge is 2.44. The second-order valence-electron chi connectivity index (χ2n) is 6.39. The Morgan fingerprint density at radius 2 is 2.00 bits per heavy atom. The summed E-state index contributed by atoms with van der Waals surface area (Å²) in [5, 5.41) is 29.4. The Labute approximate surface area is 145 Å². The third-order valence-corrected chi connectivity index (χ3v) is 4.54. The number of hydrogen-bond acceptors (Lipinski definition) is 8. The number of nitrogen functional groups attached to an aromatic ring is 1. The van der Waals surface area contributed by atoms with Crippen molar-refractivity contribution in [2.24, 2.45) is 0 Å². The summed E-state index contributed by atoms with van der Waals surface area (Å²) in [6.07, 6.45) is 2.44. The van der Waals surface area contributed by atoms with E-state index < -0.39 is 24.5 Å². The quantitative estimate of drug-likeness (QED) is 0.517. The van der Waals surface area contributed by atoms with Crippen LogP contribution in [0.5, 0.6) is 0 Å². The van der Waals surface area contributed by atoms with Crippen LogP contribution in [0, 0.1) is 0 Å². The Morgan fingerprint density at radius 3 is 2.68 bits per heavy atom. The lowest BCUT2D eigenvalue weighted by molar-refractivity contribution is -0.0511. The van der Waals surface area contributed by atoms with Gasteiger partial charge in [0.1, 0.15) is 29.7 Å². The van der Waals surface area contributed by atoms with E-state index in [2.05, 4.69) is 21.9 Å². The standard InChI is InChI=1S/C16H25N5O4/c1-2-3-4-5-6-10-19-14(17)11-15(20-10)21(8-18-11)16-13(24)12(23)9(7-22)25-16/h8-9,12-13,16,22-24H,2-7H2,1H3,(H2,17,19,20)/t9-,12-,13+,16-/m1/s1. The number of rotatable bonds is 7. The van der Waals surface area contributed by atoms with Gasteiger partial charge in [-0.15, -0.1) is 0 Å². The van der Waals surface area contributed by atoms with Crippen molar-refractivity contribution in [1.82, 2.24) is 19.5 Å². The molecule has 0 unspecified atom stereocenters. The van der Waals surface area contributed by atoms with Crippen molar-refractivity contribution in [2.75, 3.05) is 12.3 Å². The summed E-state index contributed by atoms with van der Waals surface area (Å²) < 4.78 is 7.09. The molecule has 2 aromatic heterocycles. The van der Waals surface area contributed by atoms with Crippen LogP contribution >= 0.6 is 0 Å². The van der Waals surface area contributed by atoms with E-state index in [1.54, 1.807) is 0 Å². The van der Waals surface area contributed by atoms with Crippen molar-refractivity contribution in [3.05, 3.63) is 12.2 Å². The molecule has 0 spiro atoms. The highest BCUT2D eigenvalue weighted by molar-refractivity contribution is 5.81. The van der Waals surface area contributed by atoms with Crippen LogP contribution in [0.25, 0.3) is 11.2 Å². The van der Waals surface area contributed by atoms with Gasteiger partial charge in [-0.2, -0.15) is 0 Å². The Balaban J connectivity index is 1.88. The smallest absolute Gasteiger partial charge is 0.167 e. The maximum atomic E-state index is 10.2. The molecular weight excluding hydrogens is 326 g/mol. The monoisotopic (exact) mass is 351 g/mol. The maximum absolute atomic E-state index is 10.2. The molecule has 0 aromatic carbocycles. The number of unbranched alkanes of at least 4 members (excludes halogenated alkanes) is 3. The van der Waals surface area contributed by atoms with Gasteiger partial charge in [-0.05, 0) is 6.42 Å². The van der Waals surface area contributed by atoms with Crippen molar-refractivity contribution >= 4 is 17.0 Å². The minimum atomic E-state index is -1.20. The Morgan fingerprint density at radius 1 is 1.20 bits per heavy atom. The molecule has 0 bridgehead atoms. The highest BCUT2D eigenvalue weighted by Crippen LogP contribution is 2.32. The van der Waals surface area contributed by atoms with Gasteiger partial charge in [0, 0.05) is 6.42 Å². The Hall–Kier alpha value is -1.81. The first-order valence-electron chi connectivity index (χ1n) is 8.68. The number of ether oxygens (including phenoxy) is 1. The first-order valence-corrected chi connectivity index (χ1v) is 8.68. The molecule has 4 atom stereocenters. The number of aromatic nitrogens is 4. The summed E-state index contributed by atoms with van der Waals surface area (Å²) in [7, 11) is 0. The number of hydrogen-bond donors (Lipinski definition) is 4. The van der Waals surface area contributed by atoms with E-state index in [0.29, 0.717) is 23.4 Å². The molecule has 1 aliphatic heterocycles. The third kappa shape index (κ3) is 3.45. The van der Waals surface area contributed by atoms with Crippen LogP contribution in [0.3, 0.4) is 0 Å². The summed E-state index contributed by atoms with van der Waals surface area (Å²) in [6, 6.07) is 0. The zero-order valence-corrected chi connectivity index (χ0v) is 14.2. The SMILES string of the molecule is CCCCCCc1nc(N)c2ncn([C@@H]3O[C@H](CO)[C@@H](O)[C@@H]3O)c2n1. The molecule has 3 rings (SSSR count). The molecule has 0 saturated carbocycles. The molecule has 2 aromatic rings. The maximum Gasteiger partial charge on any atom is 0.167 e. The lowest BCUT2D eigenvalue weighted by atomic mass is 10.1. The Bertz CT molecular complexity index is 722. The van der Waals surface area contributed by atoms with Crippen LogP contribution in [0.1, 0.15) is 44.7 Å². The summed E-state index contributed by atoms with van der Waals surface area (Å²) >= 11 is 0. The summed E-state index contributed by atoms with van der Waals surface area (Å²) in [5.41, 5.74) is 6.87. The average Bonchev–Trinajstić information content (AvgIpc) is 3.14. The zero-order chi connectivity index (χ0) is 18.0. The molecule has 25 heavy (non-hydrogen) atoms. The molecule has 0 aliphatic carbocycles. The molecule has 0 amide bonds. The summed E-state index contributed by atoms with van der Waals surface area (Å²) in [5.74, 6) is 0.899. The van der Waals surface area contributed by atoms with Gasteiger partial charge in [0.15, 0.2) is 17.7 Å². The topological polar surface area (TPSA) is 140 Å². The third-order valence-electron chi connectivity index (χ3n) is 4.54. The van der Waals surface area contributed by atoms with Gasteiger partial charge in [0.2, 0.25) is 0 Å². The fourth-order valence-electron chi connectivity index (χ4n) is 3.10. The Kier molecular flexibility index (Phi) is 5.48. The lowest BCUT2D eigenvalue weighted by Crippen LogP contribution is -2.33. The van der Waals surface area contributed by atoms with Gasteiger partial charge in [-0.1, -0.05) is 26.2 Å². The van der Waals surface area contributed by atoms with Crippen LogP contribution < -0.4 is 5.73 Å². The van der Waals surface area contributed by atoms with E-state index in [4.69, 9.17) is 10.5 Å².